The van der Waals surface area contributed by atoms with Gasteiger partial charge in [-0.1, -0.05) is 72.3 Å². The van der Waals surface area contributed by atoms with Crippen LogP contribution in [0.5, 0.6) is 0 Å². The highest BCUT2D eigenvalue weighted by molar-refractivity contribution is 6.30. The van der Waals surface area contributed by atoms with Crippen LogP contribution in [0.4, 0.5) is 0 Å². The first-order valence-corrected chi connectivity index (χ1v) is 8.85. The van der Waals surface area contributed by atoms with Gasteiger partial charge in [0.2, 0.25) is 0 Å². The molecule has 0 unspecified atom stereocenters. The molecule has 0 aliphatic rings. The number of hydrogen-bond acceptors (Lipinski definition) is 2. The van der Waals surface area contributed by atoms with E-state index in [0.29, 0.717) is 23.4 Å². The van der Waals surface area contributed by atoms with Crippen molar-refractivity contribution in [3.8, 4) is 0 Å². The van der Waals surface area contributed by atoms with Crippen LogP contribution in [-0.4, -0.2) is 9.78 Å². The number of aromatic nitrogens is 2. The standard InChI is InChI=1S/C22H17ClN2O/c23-18-12-10-16(11-13-18)14-21-19-8-4-5-9-20(19)22(26)25(24-21)15-17-6-2-1-3-7-17/h1-13H,14-15H2. The second kappa shape index (κ2) is 7.14. The van der Waals surface area contributed by atoms with E-state index in [1.54, 1.807) is 4.68 Å². The van der Waals surface area contributed by atoms with Crippen molar-refractivity contribution in [2.24, 2.45) is 0 Å². The molecule has 4 rings (SSSR count). The lowest BCUT2D eigenvalue weighted by molar-refractivity contribution is 0.633. The molecule has 128 valence electrons. The van der Waals surface area contributed by atoms with Crippen molar-refractivity contribution in [1.82, 2.24) is 9.78 Å². The Morgan fingerprint density at radius 1 is 0.769 bits per heavy atom. The number of fused-ring (bicyclic) bond motifs is 1. The van der Waals surface area contributed by atoms with Crippen LogP contribution < -0.4 is 5.56 Å². The lowest BCUT2D eigenvalue weighted by Gasteiger charge is -2.11. The predicted octanol–water partition coefficient (Wildman–Crippen LogP) is 4.69. The highest BCUT2D eigenvalue weighted by Gasteiger charge is 2.11. The largest absolute Gasteiger partial charge is 0.274 e. The lowest BCUT2D eigenvalue weighted by Crippen LogP contribution is -2.25. The van der Waals surface area contributed by atoms with Crippen molar-refractivity contribution in [2.45, 2.75) is 13.0 Å². The number of benzene rings is 3. The third-order valence-corrected chi connectivity index (χ3v) is 4.66. The average Bonchev–Trinajstić information content (AvgIpc) is 2.68. The van der Waals surface area contributed by atoms with Crippen molar-refractivity contribution < 1.29 is 0 Å². The smallest absolute Gasteiger partial charge is 0.267 e. The van der Waals surface area contributed by atoms with Gasteiger partial charge in [0.05, 0.1) is 17.6 Å². The number of hydrogen-bond donors (Lipinski definition) is 0. The van der Waals surface area contributed by atoms with Crippen molar-refractivity contribution in [3.05, 3.63) is 111 Å². The van der Waals surface area contributed by atoms with Gasteiger partial charge < -0.3 is 0 Å². The Morgan fingerprint density at radius 3 is 2.15 bits per heavy atom. The Labute approximate surface area is 156 Å². The van der Waals surface area contributed by atoms with E-state index in [1.807, 2.05) is 78.9 Å². The molecule has 0 aliphatic carbocycles. The molecule has 0 aliphatic heterocycles. The zero-order valence-electron chi connectivity index (χ0n) is 14.1. The molecule has 0 bridgehead atoms. The third-order valence-electron chi connectivity index (χ3n) is 4.40. The maximum Gasteiger partial charge on any atom is 0.274 e. The second-order valence-electron chi connectivity index (χ2n) is 6.24. The molecule has 0 atom stereocenters. The molecular formula is C22H17ClN2O. The van der Waals surface area contributed by atoms with Gasteiger partial charge in [0.15, 0.2) is 0 Å². The van der Waals surface area contributed by atoms with Gasteiger partial charge in [-0.15, -0.1) is 0 Å². The van der Waals surface area contributed by atoms with Gasteiger partial charge >= 0.3 is 0 Å². The summed E-state index contributed by atoms with van der Waals surface area (Å²) in [5.41, 5.74) is 2.98. The van der Waals surface area contributed by atoms with E-state index >= 15 is 0 Å². The van der Waals surface area contributed by atoms with Crippen LogP contribution in [0.1, 0.15) is 16.8 Å². The maximum atomic E-state index is 12.9. The second-order valence-corrected chi connectivity index (χ2v) is 6.68. The summed E-state index contributed by atoms with van der Waals surface area (Å²) in [6.07, 6.45) is 0.646. The molecule has 0 saturated heterocycles. The fourth-order valence-electron chi connectivity index (χ4n) is 3.09. The van der Waals surface area contributed by atoms with Gasteiger partial charge in [0.1, 0.15) is 0 Å². The van der Waals surface area contributed by atoms with Crippen molar-refractivity contribution >= 4 is 22.4 Å². The van der Waals surface area contributed by atoms with Crippen LogP contribution in [-0.2, 0) is 13.0 Å². The van der Waals surface area contributed by atoms with E-state index in [1.165, 1.54) is 0 Å². The van der Waals surface area contributed by atoms with Gasteiger partial charge in [-0.05, 0) is 29.3 Å². The molecule has 0 amide bonds. The van der Waals surface area contributed by atoms with Gasteiger partial charge in [-0.25, -0.2) is 4.68 Å². The molecule has 26 heavy (non-hydrogen) atoms. The Bertz CT molecular complexity index is 1100. The van der Waals surface area contributed by atoms with Gasteiger partial charge in [-0.2, -0.15) is 5.10 Å². The molecular weight excluding hydrogens is 344 g/mol. The van der Waals surface area contributed by atoms with Crippen LogP contribution in [0.25, 0.3) is 10.8 Å². The highest BCUT2D eigenvalue weighted by Crippen LogP contribution is 2.18. The van der Waals surface area contributed by atoms with Crippen LogP contribution in [0, 0.1) is 0 Å². The Morgan fingerprint density at radius 2 is 1.42 bits per heavy atom. The highest BCUT2D eigenvalue weighted by atomic mass is 35.5. The van der Waals surface area contributed by atoms with Gasteiger partial charge in [0.25, 0.3) is 5.56 Å². The minimum Gasteiger partial charge on any atom is -0.267 e. The third kappa shape index (κ3) is 3.39. The molecule has 0 saturated carbocycles. The summed E-state index contributed by atoms with van der Waals surface area (Å²) in [4.78, 5) is 12.9. The van der Waals surface area contributed by atoms with Crippen LogP contribution in [0.3, 0.4) is 0 Å². The monoisotopic (exact) mass is 360 g/mol. The summed E-state index contributed by atoms with van der Waals surface area (Å²) in [5, 5.41) is 6.99. The molecule has 1 heterocycles. The lowest BCUT2D eigenvalue weighted by atomic mass is 10.0. The number of nitrogens with zero attached hydrogens (tertiary/aromatic N) is 2. The first-order chi connectivity index (χ1) is 12.7. The summed E-state index contributed by atoms with van der Waals surface area (Å²) < 4.78 is 1.56. The average molecular weight is 361 g/mol. The van der Waals surface area contributed by atoms with Crippen LogP contribution in [0.2, 0.25) is 5.02 Å². The van der Waals surface area contributed by atoms with E-state index in [-0.39, 0.29) is 5.56 Å². The molecule has 1 aromatic heterocycles. The summed E-state index contributed by atoms with van der Waals surface area (Å²) in [5.74, 6) is 0. The fraction of sp³-hybridized carbons (Fsp3) is 0.0909. The molecule has 0 radical (unpaired) electrons. The first kappa shape index (κ1) is 16.6. The molecule has 4 aromatic rings. The van der Waals surface area contributed by atoms with Crippen LogP contribution in [0.15, 0.2) is 83.7 Å². The molecule has 4 heteroatoms. The Balaban J connectivity index is 1.81. The van der Waals surface area contributed by atoms with Crippen LogP contribution >= 0.6 is 11.6 Å². The summed E-state index contributed by atoms with van der Waals surface area (Å²) in [7, 11) is 0. The zero-order chi connectivity index (χ0) is 17.9. The minimum absolute atomic E-state index is 0.0655. The number of halogens is 1. The Hall–Kier alpha value is -2.91. The molecule has 0 N–H and O–H groups in total. The van der Waals surface area contributed by atoms with E-state index in [0.717, 1.165) is 22.2 Å². The molecule has 3 aromatic carbocycles. The number of rotatable bonds is 4. The van der Waals surface area contributed by atoms with Crippen molar-refractivity contribution in [2.75, 3.05) is 0 Å². The van der Waals surface area contributed by atoms with Crippen molar-refractivity contribution in [3.63, 3.8) is 0 Å². The zero-order valence-corrected chi connectivity index (χ0v) is 14.9. The van der Waals surface area contributed by atoms with Gasteiger partial charge in [-0.3, -0.25) is 4.79 Å². The fourth-order valence-corrected chi connectivity index (χ4v) is 3.22. The maximum absolute atomic E-state index is 12.9. The van der Waals surface area contributed by atoms with E-state index in [2.05, 4.69) is 5.10 Å². The summed E-state index contributed by atoms with van der Waals surface area (Å²) in [6.45, 7) is 0.456. The van der Waals surface area contributed by atoms with E-state index in [9.17, 15) is 4.79 Å². The van der Waals surface area contributed by atoms with Gasteiger partial charge in [0, 0.05) is 16.8 Å². The molecule has 0 spiro atoms. The predicted molar refractivity (Wildman–Crippen MR) is 106 cm³/mol. The molecule has 3 nitrogen and oxygen atoms in total. The normalized spacial score (nSPS) is 11.0. The first-order valence-electron chi connectivity index (χ1n) is 8.48. The topological polar surface area (TPSA) is 34.9 Å². The SMILES string of the molecule is O=c1c2ccccc2c(Cc2ccc(Cl)cc2)nn1Cc1ccccc1. The minimum atomic E-state index is -0.0655. The Kier molecular flexibility index (Phi) is 4.55. The van der Waals surface area contributed by atoms with Crippen molar-refractivity contribution in [1.29, 1.82) is 0 Å². The molecule has 0 fully saturated rings. The summed E-state index contributed by atoms with van der Waals surface area (Å²) >= 11 is 5.98. The summed E-state index contributed by atoms with van der Waals surface area (Å²) in [6, 6.07) is 25.3. The van der Waals surface area contributed by atoms with E-state index < -0.39 is 0 Å². The quantitative estimate of drug-likeness (QED) is 0.529. The van der Waals surface area contributed by atoms with E-state index in [4.69, 9.17) is 11.6 Å².